The number of carbonyl (C=O) groups excluding carboxylic acids is 2. The number of alkyl halides is 2. The lowest BCUT2D eigenvalue weighted by molar-refractivity contribution is -0.119. The second kappa shape index (κ2) is 6.56. The van der Waals surface area contributed by atoms with Gasteiger partial charge in [0.15, 0.2) is 0 Å². The summed E-state index contributed by atoms with van der Waals surface area (Å²) in [6, 6.07) is -0.948. The third-order valence-electron chi connectivity index (χ3n) is 3.48. The van der Waals surface area contributed by atoms with E-state index in [0.717, 1.165) is 4.68 Å². The number of nitrogens with zero attached hydrogens (tertiary/aromatic N) is 4. The number of hydrogen-bond acceptors (Lipinski definition) is 4. The van der Waals surface area contributed by atoms with Gasteiger partial charge in [-0.05, 0) is 13.8 Å². The summed E-state index contributed by atoms with van der Waals surface area (Å²) in [7, 11) is 1.49. The van der Waals surface area contributed by atoms with Crippen LogP contribution in [0.5, 0.6) is 0 Å². The zero-order chi connectivity index (χ0) is 18.2. The fraction of sp³-hybridized carbons (Fsp3) is 0.385. The zero-order valence-corrected chi connectivity index (χ0v) is 13.8. The molecular formula is C13H15ClF2N6O2. The summed E-state index contributed by atoms with van der Waals surface area (Å²) in [6.07, 6.45) is -1.59. The molecule has 0 aromatic carbocycles. The fourth-order valence-electron chi connectivity index (χ4n) is 2.21. The minimum absolute atomic E-state index is 0.0130. The Morgan fingerprint density at radius 3 is 2.54 bits per heavy atom. The molecular weight excluding hydrogens is 346 g/mol. The van der Waals surface area contributed by atoms with E-state index in [9.17, 15) is 18.4 Å². The van der Waals surface area contributed by atoms with Gasteiger partial charge in [-0.1, -0.05) is 11.6 Å². The Bertz CT molecular complexity index is 801. The quantitative estimate of drug-likeness (QED) is 0.847. The van der Waals surface area contributed by atoms with Gasteiger partial charge in [0.1, 0.15) is 17.4 Å². The number of aryl methyl sites for hydroxylation is 1. The van der Waals surface area contributed by atoms with Crippen molar-refractivity contribution in [1.29, 1.82) is 0 Å². The average Bonchev–Trinajstić information content (AvgIpc) is 3.00. The van der Waals surface area contributed by atoms with Gasteiger partial charge in [-0.3, -0.25) is 19.0 Å². The lowest BCUT2D eigenvalue weighted by Gasteiger charge is -2.14. The summed E-state index contributed by atoms with van der Waals surface area (Å²) in [5, 5.41) is 9.83. The molecule has 0 aliphatic rings. The maximum atomic E-state index is 12.9. The molecule has 0 spiro atoms. The smallest absolute Gasteiger partial charge is 0.283 e. The first-order valence-corrected chi connectivity index (χ1v) is 7.18. The van der Waals surface area contributed by atoms with Crippen molar-refractivity contribution < 1.29 is 18.4 Å². The van der Waals surface area contributed by atoms with Crippen molar-refractivity contribution in [2.24, 2.45) is 12.8 Å². The van der Waals surface area contributed by atoms with Gasteiger partial charge in [-0.25, -0.2) is 8.78 Å². The van der Waals surface area contributed by atoms with E-state index >= 15 is 0 Å². The maximum Gasteiger partial charge on any atom is 0.283 e. The minimum Gasteiger partial charge on any atom is -0.364 e. The van der Waals surface area contributed by atoms with Crippen LogP contribution >= 0.6 is 11.6 Å². The van der Waals surface area contributed by atoms with Crippen molar-refractivity contribution >= 4 is 29.1 Å². The molecule has 3 N–H and O–H groups in total. The molecule has 0 radical (unpaired) electrons. The van der Waals surface area contributed by atoms with Gasteiger partial charge in [-0.15, -0.1) is 0 Å². The molecule has 2 aromatic heterocycles. The van der Waals surface area contributed by atoms with Crippen LogP contribution in [0.3, 0.4) is 0 Å². The molecule has 24 heavy (non-hydrogen) atoms. The number of aromatic nitrogens is 4. The van der Waals surface area contributed by atoms with E-state index in [2.05, 4.69) is 15.5 Å². The lowest BCUT2D eigenvalue weighted by Crippen LogP contribution is -2.27. The van der Waals surface area contributed by atoms with Gasteiger partial charge in [0.2, 0.25) is 5.91 Å². The van der Waals surface area contributed by atoms with Gasteiger partial charge in [0.25, 0.3) is 12.3 Å². The molecule has 0 unspecified atom stereocenters. The minimum atomic E-state index is -2.85. The molecule has 130 valence electrons. The highest BCUT2D eigenvalue weighted by molar-refractivity contribution is 6.31. The van der Waals surface area contributed by atoms with Crippen LogP contribution in [-0.4, -0.2) is 31.4 Å². The number of carbonyl (C=O) groups is 2. The summed E-state index contributed by atoms with van der Waals surface area (Å²) in [6.45, 7) is 2.94. The highest BCUT2D eigenvalue weighted by Crippen LogP contribution is 2.30. The van der Waals surface area contributed by atoms with Crippen LogP contribution in [0.4, 0.5) is 14.5 Å². The van der Waals surface area contributed by atoms with Crippen LogP contribution in [0.1, 0.15) is 41.3 Å². The zero-order valence-electron chi connectivity index (χ0n) is 13.0. The third-order valence-corrected chi connectivity index (χ3v) is 3.95. The van der Waals surface area contributed by atoms with Crippen molar-refractivity contribution in [2.75, 3.05) is 5.32 Å². The molecule has 0 aliphatic carbocycles. The van der Waals surface area contributed by atoms with Crippen LogP contribution in [0.15, 0.2) is 6.20 Å². The molecule has 0 saturated carbocycles. The van der Waals surface area contributed by atoms with Crippen LogP contribution < -0.4 is 11.1 Å². The van der Waals surface area contributed by atoms with Crippen LogP contribution in [0.2, 0.25) is 5.02 Å². The molecule has 0 bridgehead atoms. The number of hydrogen-bond donors (Lipinski definition) is 2. The van der Waals surface area contributed by atoms with Gasteiger partial charge in [0, 0.05) is 7.05 Å². The molecule has 11 heteroatoms. The Kier molecular flexibility index (Phi) is 4.88. The van der Waals surface area contributed by atoms with E-state index in [1.165, 1.54) is 31.8 Å². The molecule has 2 rings (SSSR count). The number of amides is 2. The first kappa shape index (κ1) is 17.9. The topological polar surface area (TPSA) is 108 Å². The predicted molar refractivity (Wildman–Crippen MR) is 82.0 cm³/mol. The first-order valence-electron chi connectivity index (χ1n) is 6.80. The molecule has 1 atom stereocenters. The van der Waals surface area contributed by atoms with Gasteiger partial charge >= 0.3 is 0 Å². The second-order valence-corrected chi connectivity index (χ2v) is 5.47. The van der Waals surface area contributed by atoms with E-state index < -0.39 is 30.0 Å². The molecule has 2 heterocycles. The molecule has 2 aromatic rings. The SMILES string of the molecule is Cc1c(Cl)c(C(F)F)nn1[C@H](C)C(=O)Nc1cnn(C)c1C(N)=O. The number of anilines is 1. The summed E-state index contributed by atoms with van der Waals surface area (Å²) in [4.78, 5) is 23.7. The molecule has 2 amide bonds. The Morgan fingerprint density at radius 1 is 1.42 bits per heavy atom. The third kappa shape index (κ3) is 3.09. The molecule has 0 saturated heterocycles. The van der Waals surface area contributed by atoms with Gasteiger partial charge in [0.05, 0.1) is 22.6 Å². The molecule has 0 fully saturated rings. The van der Waals surface area contributed by atoms with E-state index in [4.69, 9.17) is 17.3 Å². The normalized spacial score (nSPS) is 12.5. The number of rotatable bonds is 5. The van der Waals surface area contributed by atoms with Crippen molar-refractivity contribution in [3.8, 4) is 0 Å². The number of halogens is 3. The van der Waals surface area contributed by atoms with Crippen LogP contribution in [0, 0.1) is 6.92 Å². The monoisotopic (exact) mass is 360 g/mol. The summed E-state index contributed by atoms with van der Waals surface area (Å²) >= 11 is 5.82. The maximum absolute atomic E-state index is 12.9. The van der Waals surface area contributed by atoms with E-state index in [1.807, 2.05) is 0 Å². The largest absolute Gasteiger partial charge is 0.364 e. The predicted octanol–water partition coefficient (Wildman–Crippen LogP) is 1.81. The fourth-order valence-corrected chi connectivity index (χ4v) is 2.41. The number of primary amides is 1. The van der Waals surface area contributed by atoms with E-state index in [0.29, 0.717) is 0 Å². The Balaban J connectivity index is 2.28. The lowest BCUT2D eigenvalue weighted by atomic mass is 10.2. The van der Waals surface area contributed by atoms with Crippen molar-refractivity contribution in [3.63, 3.8) is 0 Å². The average molecular weight is 361 g/mol. The van der Waals surface area contributed by atoms with E-state index in [1.54, 1.807) is 0 Å². The van der Waals surface area contributed by atoms with E-state index in [-0.39, 0.29) is 22.1 Å². The standard InChI is InChI=1S/C13H15ClF2N6O2/c1-5-8(14)9(11(15)16)20-22(5)6(2)13(24)19-7-4-18-21(3)10(7)12(17)23/h4,6,11H,1-3H3,(H2,17,23)(H,19,24)/t6-/m1/s1. The van der Waals surface area contributed by atoms with Crippen molar-refractivity contribution in [2.45, 2.75) is 26.3 Å². The first-order chi connectivity index (χ1) is 11.1. The highest BCUT2D eigenvalue weighted by atomic mass is 35.5. The molecule has 0 aliphatic heterocycles. The Morgan fingerprint density at radius 2 is 2.04 bits per heavy atom. The summed E-state index contributed by atoms with van der Waals surface area (Å²) in [5.74, 6) is -1.36. The number of nitrogens with one attached hydrogen (secondary N) is 1. The summed E-state index contributed by atoms with van der Waals surface area (Å²) < 4.78 is 28.0. The van der Waals surface area contributed by atoms with Crippen LogP contribution in [-0.2, 0) is 11.8 Å². The second-order valence-electron chi connectivity index (χ2n) is 5.09. The van der Waals surface area contributed by atoms with Gasteiger partial charge < -0.3 is 11.1 Å². The number of nitrogens with two attached hydrogens (primary N) is 1. The van der Waals surface area contributed by atoms with Crippen LogP contribution in [0.25, 0.3) is 0 Å². The van der Waals surface area contributed by atoms with Gasteiger partial charge in [-0.2, -0.15) is 10.2 Å². The molecule has 8 nitrogen and oxygen atoms in total. The highest BCUT2D eigenvalue weighted by Gasteiger charge is 2.26. The van der Waals surface area contributed by atoms with Crippen molar-refractivity contribution in [1.82, 2.24) is 19.6 Å². The van der Waals surface area contributed by atoms with Crippen molar-refractivity contribution in [3.05, 3.63) is 28.3 Å². The Labute approximate surface area is 140 Å². The Hall–Kier alpha value is -2.49. The summed E-state index contributed by atoms with van der Waals surface area (Å²) in [5.41, 5.74) is 5.01.